The summed E-state index contributed by atoms with van der Waals surface area (Å²) >= 11 is 11.9. The first kappa shape index (κ1) is 12.7. The topological polar surface area (TPSA) is 27.1 Å². The number of rotatable bonds is 5. The fraction of sp³-hybridized carbons (Fsp3) is 0.417. The molecule has 2 rings (SSSR count). The molecule has 0 saturated carbocycles. The van der Waals surface area contributed by atoms with Gasteiger partial charge < -0.3 is 9.30 Å². The molecule has 0 saturated heterocycles. The van der Waals surface area contributed by atoms with Crippen LogP contribution in [0.3, 0.4) is 0 Å². The number of hydrogen-bond donors (Lipinski definition) is 0. The Bertz CT molecular complexity index is 510. The predicted octanol–water partition coefficient (Wildman–Crippen LogP) is 3.47. The molecule has 0 aliphatic heterocycles. The molecule has 0 spiro atoms. The van der Waals surface area contributed by atoms with Gasteiger partial charge in [-0.15, -0.1) is 11.6 Å². The molecule has 17 heavy (non-hydrogen) atoms. The van der Waals surface area contributed by atoms with Gasteiger partial charge in [0.1, 0.15) is 5.82 Å². The molecule has 1 aromatic heterocycles. The van der Waals surface area contributed by atoms with Crippen molar-refractivity contribution < 1.29 is 4.74 Å². The normalized spacial score (nSPS) is 11.2. The lowest BCUT2D eigenvalue weighted by Gasteiger charge is -2.07. The second-order valence-corrected chi connectivity index (χ2v) is 4.50. The Labute approximate surface area is 110 Å². The van der Waals surface area contributed by atoms with Gasteiger partial charge in [-0.2, -0.15) is 0 Å². The lowest BCUT2D eigenvalue weighted by atomic mass is 10.3. The quantitative estimate of drug-likeness (QED) is 0.616. The zero-order valence-corrected chi connectivity index (χ0v) is 11.1. The molecule has 92 valence electrons. The summed E-state index contributed by atoms with van der Waals surface area (Å²) in [7, 11) is 1.70. The number of aromatic nitrogens is 2. The number of aryl methyl sites for hydroxylation is 1. The smallest absolute Gasteiger partial charge is 0.124 e. The number of methoxy groups -OCH3 is 1. The minimum Gasteiger partial charge on any atom is -0.385 e. The van der Waals surface area contributed by atoms with Crippen LogP contribution in [-0.2, 0) is 17.2 Å². The molecule has 0 aliphatic rings. The SMILES string of the molecule is COCCCn1c(CCl)nc2ccc(Cl)cc21. The van der Waals surface area contributed by atoms with Gasteiger partial charge in [0.25, 0.3) is 0 Å². The highest BCUT2D eigenvalue weighted by Crippen LogP contribution is 2.22. The standard InChI is InChI=1S/C12H14Cl2N2O/c1-17-6-2-5-16-11-7-9(14)3-4-10(11)15-12(16)8-13/h3-4,7H,2,5-6,8H2,1H3. The highest BCUT2D eigenvalue weighted by atomic mass is 35.5. The van der Waals surface area contributed by atoms with Crippen molar-refractivity contribution in [1.29, 1.82) is 0 Å². The molecule has 3 nitrogen and oxygen atoms in total. The molecule has 1 heterocycles. The summed E-state index contributed by atoms with van der Waals surface area (Å²) < 4.78 is 7.16. The molecule has 0 fully saturated rings. The van der Waals surface area contributed by atoms with E-state index in [1.54, 1.807) is 7.11 Å². The number of nitrogens with zero attached hydrogens (tertiary/aromatic N) is 2. The lowest BCUT2D eigenvalue weighted by Crippen LogP contribution is -2.04. The van der Waals surface area contributed by atoms with Gasteiger partial charge in [0, 0.05) is 25.3 Å². The zero-order chi connectivity index (χ0) is 12.3. The Morgan fingerprint density at radius 1 is 1.41 bits per heavy atom. The maximum absolute atomic E-state index is 6.01. The van der Waals surface area contributed by atoms with Crippen LogP contribution in [-0.4, -0.2) is 23.3 Å². The van der Waals surface area contributed by atoms with Crippen LogP contribution >= 0.6 is 23.2 Å². The largest absolute Gasteiger partial charge is 0.385 e. The van der Waals surface area contributed by atoms with Gasteiger partial charge in [-0.1, -0.05) is 11.6 Å². The monoisotopic (exact) mass is 272 g/mol. The zero-order valence-electron chi connectivity index (χ0n) is 9.62. The number of halogens is 2. The molecular weight excluding hydrogens is 259 g/mol. The molecule has 5 heteroatoms. The van der Waals surface area contributed by atoms with Crippen LogP contribution in [0, 0.1) is 0 Å². The van der Waals surface area contributed by atoms with Crippen molar-refractivity contribution in [2.24, 2.45) is 0 Å². The van der Waals surface area contributed by atoms with Gasteiger partial charge in [-0.05, 0) is 24.6 Å². The molecule has 0 atom stereocenters. The van der Waals surface area contributed by atoms with E-state index < -0.39 is 0 Å². The van der Waals surface area contributed by atoms with Gasteiger partial charge in [0.05, 0.1) is 16.9 Å². The van der Waals surface area contributed by atoms with Crippen LogP contribution in [0.1, 0.15) is 12.2 Å². The van der Waals surface area contributed by atoms with E-state index in [1.165, 1.54) is 0 Å². The molecule has 0 bridgehead atoms. The second kappa shape index (κ2) is 5.71. The Balaban J connectivity index is 2.38. The maximum atomic E-state index is 6.01. The first-order valence-corrected chi connectivity index (χ1v) is 6.37. The van der Waals surface area contributed by atoms with Crippen LogP contribution in [0.2, 0.25) is 5.02 Å². The lowest BCUT2D eigenvalue weighted by molar-refractivity contribution is 0.190. The van der Waals surface area contributed by atoms with E-state index in [2.05, 4.69) is 9.55 Å². The summed E-state index contributed by atoms with van der Waals surface area (Å²) in [6, 6.07) is 5.68. The first-order chi connectivity index (χ1) is 8.26. The van der Waals surface area contributed by atoms with E-state index in [1.807, 2.05) is 18.2 Å². The fourth-order valence-electron chi connectivity index (χ4n) is 1.86. The van der Waals surface area contributed by atoms with Crippen molar-refractivity contribution in [1.82, 2.24) is 9.55 Å². The molecule has 0 radical (unpaired) electrons. The van der Waals surface area contributed by atoms with E-state index in [-0.39, 0.29) is 0 Å². The highest BCUT2D eigenvalue weighted by molar-refractivity contribution is 6.31. The van der Waals surface area contributed by atoms with Crippen LogP contribution in [0.4, 0.5) is 0 Å². The number of ether oxygens (including phenoxy) is 1. The summed E-state index contributed by atoms with van der Waals surface area (Å²) in [4.78, 5) is 4.48. The number of fused-ring (bicyclic) bond motifs is 1. The average Bonchev–Trinajstić information content (AvgIpc) is 2.67. The first-order valence-electron chi connectivity index (χ1n) is 5.46. The third-order valence-corrected chi connectivity index (χ3v) is 3.11. The summed E-state index contributed by atoms with van der Waals surface area (Å²) in [6.45, 7) is 1.56. The minimum atomic E-state index is 0.402. The van der Waals surface area contributed by atoms with Crippen molar-refractivity contribution in [2.45, 2.75) is 18.8 Å². The minimum absolute atomic E-state index is 0.402. The maximum Gasteiger partial charge on any atom is 0.124 e. The van der Waals surface area contributed by atoms with Crippen LogP contribution < -0.4 is 0 Å². The molecule has 0 aliphatic carbocycles. The molecule has 0 N–H and O–H groups in total. The van der Waals surface area contributed by atoms with Crippen molar-refractivity contribution >= 4 is 34.2 Å². The Hall–Kier alpha value is -0.770. The molecule has 0 unspecified atom stereocenters. The van der Waals surface area contributed by atoms with Crippen molar-refractivity contribution in [2.75, 3.05) is 13.7 Å². The van der Waals surface area contributed by atoms with Crippen LogP contribution in [0.15, 0.2) is 18.2 Å². The van der Waals surface area contributed by atoms with Crippen LogP contribution in [0.25, 0.3) is 11.0 Å². The predicted molar refractivity (Wildman–Crippen MR) is 70.8 cm³/mol. The highest BCUT2D eigenvalue weighted by Gasteiger charge is 2.09. The Kier molecular flexibility index (Phi) is 4.26. The summed E-state index contributed by atoms with van der Waals surface area (Å²) in [5.41, 5.74) is 1.96. The van der Waals surface area contributed by atoms with Crippen molar-refractivity contribution in [3.63, 3.8) is 0 Å². The molecule has 0 amide bonds. The average molecular weight is 273 g/mol. The van der Waals surface area contributed by atoms with Gasteiger partial charge >= 0.3 is 0 Å². The van der Waals surface area contributed by atoms with Gasteiger partial charge in [0.2, 0.25) is 0 Å². The molecule has 2 aromatic rings. The van der Waals surface area contributed by atoms with E-state index in [0.717, 1.165) is 36.4 Å². The van der Waals surface area contributed by atoms with E-state index in [4.69, 9.17) is 27.9 Å². The van der Waals surface area contributed by atoms with E-state index >= 15 is 0 Å². The van der Waals surface area contributed by atoms with E-state index in [9.17, 15) is 0 Å². The number of alkyl halides is 1. The fourth-order valence-corrected chi connectivity index (χ4v) is 2.23. The van der Waals surface area contributed by atoms with Crippen molar-refractivity contribution in [3.8, 4) is 0 Å². The number of imidazole rings is 1. The third kappa shape index (κ3) is 2.73. The third-order valence-electron chi connectivity index (χ3n) is 2.64. The summed E-state index contributed by atoms with van der Waals surface area (Å²) in [5, 5.41) is 0.714. The number of benzene rings is 1. The van der Waals surface area contributed by atoms with E-state index in [0.29, 0.717) is 10.9 Å². The summed E-state index contributed by atoms with van der Waals surface area (Å²) in [6.07, 6.45) is 0.929. The molecule has 1 aromatic carbocycles. The Morgan fingerprint density at radius 3 is 2.94 bits per heavy atom. The Morgan fingerprint density at radius 2 is 2.24 bits per heavy atom. The number of hydrogen-bond acceptors (Lipinski definition) is 2. The van der Waals surface area contributed by atoms with Gasteiger partial charge in [-0.3, -0.25) is 0 Å². The van der Waals surface area contributed by atoms with Crippen molar-refractivity contribution in [3.05, 3.63) is 29.0 Å². The van der Waals surface area contributed by atoms with Crippen LogP contribution in [0.5, 0.6) is 0 Å². The summed E-state index contributed by atoms with van der Waals surface area (Å²) in [5.74, 6) is 1.28. The molecular formula is C12H14Cl2N2O. The van der Waals surface area contributed by atoms with Gasteiger partial charge in [0.15, 0.2) is 0 Å². The second-order valence-electron chi connectivity index (χ2n) is 3.79. The van der Waals surface area contributed by atoms with Gasteiger partial charge in [-0.25, -0.2) is 4.98 Å².